The van der Waals surface area contributed by atoms with Crippen LogP contribution in [0.25, 0.3) is 0 Å². The SMILES string of the molecule is CC/C=C\C/C=C\C/C=C\C/C=C\C=C\[C@H](CCCC(=O)[O-])OO. The molecule has 0 aliphatic carbocycles. The molecule has 0 heterocycles. The van der Waals surface area contributed by atoms with Crippen molar-refractivity contribution in [3.05, 3.63) is 60.8 Å². The van der Waals surface area contributed by atoms with Crippen LogP contribution in [0.4, 0.5) is 0 Å². The molecule has 1 atom stereocenters. The van der Waals surface area contributed by atoms with Crippen molar-refractivity contribution in [3.8, 4) is 0 Å². The van der Waals surface area contributed by atoms with Crippen LogP contribution in [-0.2, 0) is 9.68 Å². The van der Waals surface area contributed by atoms with Crippen molar-refractivity contribution in [2.24, 2.45) is 0 Å². The Morgan fingerprint density at radius 3 is 2.12 bits per heavy atom. The van der Waals surface area contributed by atoms with Gasteiger partial charge in [-0.2, -0.15) is 0 Å². The standard InChI is InChI=1S/C20H30O4/c1-2-3-4-5-6-7-8-9-10-11-12-13-14-16-19(24-23)17-15-18-20(21)22/h3-4,6-7,9-10,12-14,16,19,23H,2,5,8,11,15,17-18H2,1H3,(H,21,22)/p-1/b4-3-,7-6-,10-9-,13-12-,16-14+/t19-/m1/s1. The molecule has 1 N–H and O–H groups in total. The van der Waals surface area contributed by atoms with Crippen molar-refractivity contribution in [3.63, 3.8) is 0 Å². The van der Waals surface area contributed by atoms with E-state index in [0.29, 0.717) is 12.8 Å². The van der Waals surface area contributed by atoms with Crippen LogP contribution in [-0.4, -0.2) is 17.3 Å². The van der Waals surface area contributed by atoms with Crippen molar-refractivity contribution < 1.29 is 20.0 Å². The summed E-state index contributed by atoms with van der Waals surface area (Å²) in [6.07, 6.45) is 24.4. The van der Waals surface area contributed by atoms with Crippen LogP contribution < -0.4 is 5.11 Å². The lowest BCUT2D eigenvalue weighted by Gasteiger charge is -2.08. The lowest BCUT2D eigenvalue weighted by Crippen LogP contribution is -2.22. The quantitative estimate of drug-likeness (QED) is 0.225. The molecule has 24 heavy (non-hydrogen) atoms. The summed E-state index contributed by atoms with van der Waals surface area (Å²) in [4.78, 5) is 14.6. The minimum Gasteiger partial charge on any atom is -0.550 e. The van der Waals surface area contributed by atoms with Crippen molar-refractivity contribution in [1.29, 1.82) is 0 Å². The first-order valence-electron chi connectivity index (χ1n) is 8.49. The van der Waals surface area contributed by atoms with E-state index in [1.165, 1.54) is 0 Å². The summed E-state index contributed by atoms with van der Waals surface area (Å²) in [6, 6.07) is 0. The van der Waals surface area contributed by atoms with Gasteiger partial charge in [-0.25, -0.2) is 4.89 Å². The number of rotatable bonds is 14. The third-order valence-electron chi connectivity index (χ3n) is 3.13. The van der Waals surface area contributed by atoms with E-state index in [1.807, 2.05) is 12.2 Å². The Morgan fingerprint density at radius 2 is 1.58 bits per heavy atom. The fourth-order valence-corrected chi connectivity index (χ4v) is 1.86. The molecule has 0 saturated carbocycles. The fraction of sp³-hybridized carbons (Fsp3) is 0.450. The lowest BCUT2D eigenvalue weighted by atomic mass is 10.1. The number of hydrogen-bond acceptors (Lipinski definition) is 4. The molecule has 0 saturated heterocycles. The lowest BCUT2D eigenvalue weighted by molar-refractivity contribution is -0.306. The Morgan fingerprint density at radius 1 is 1.00 bits per heavy atom. The van der Waals surface area contributed by atoms with Crippen LogP contribution in [0, 0.1) is 0 Å². The van der Waals surface area contributed by atoms with Crippen LogP contribution >= 0.6 is 0 Å². The van der Waals surface area contributed by atoms with Gasteiger partial charge in [-0.1, -0.05) is 67.7 Å². The second-order valence-corrected chi connectivity index (χ2v) is 5.25. The second-order valence-electron chi connectivity index (χ2n) is 5.25. The van der Waals surface area contributed by atoms with Crippen molar-refractivity contribution in [2.45, 2.75) is 58.0 Å². The first kappa shape index (κ1) is 22.1. The van der Waals surface area contributed by atoms with Gasteiger partial charge in [0.2, 0.25) is 0 Å². The van der Waals surface area contributed by atoms with Gasteiger partial charge in [0.1, 0.15) is 6.10 Å². The van der Waals surface area contributed by atoms with Gasteiger partial charge in [-0.3, -0.25) is 5.26 Å². The van der Waals surface area contributed by atoms with Crippen molar-refractivity contribution in [2.75, 3.05) is 0 Å². The van der Waals surface area contributed by atoms with Crippen LogP contribution in [0.5, 0.6) is 0 Å². The van der Waals surface area contributed by atoms with Gasteiger partial charge in [-0.15, -0.1) is 0 Å². The van der Waals surface area contributed by atoms with E-state index in [9.17, 15) is 9.90 Å². The highest BCUT2D eigenvalue weighted by molar-refractivity contribution is 5.64. The average molecular weight is 333 g/mol. The number of allylic oxidation sites excluding steroid dienone is 9. The maximum atomic E-state index is 10.3. The number of aliphatic carboxylic acids is 1. The molecule has 0 rings (SSSR count). The van der Waals surface area contributed by atoms with E-state index in [2.05, 4.69) is 48.3 Å². The molecule has 0 aliphatic heterocycles. The Balaban J connectivity index is 3.79. The number of carbonyl (C=O) groups excluding carboxylic acids is 1. The van der Waals surface area contributed by atoms with E-state index in [4.69, 9.17) is 5.26 Å². The molecule has 0 amide bonds. The molecule has 4 nitrogen and oxygen atoms in total. The number of carboxylic acid groups (broad SMARTS) is 1. The van der Waals surface area contributed by atoms with Gasteiger partial charge in [0, 0.05) is 5.97 Å². The number of carbonyl (C=O) groups is 1. The molecule has 4 heteroatoms. The van der Waals surface area contributed by atoms with Gasteiger partial charge in [0.15, 0.2) is 0 Å². The van der Waals surface area contributed by atoms with E-state index in [-0.39, 0.29) is 6.42 Å². The molecule has 0 aromatic carbocycles. The smallest absolute Gasteiger partial charge is 0.111 e. The summed E-state index contributed by atoms with van der Waals surface area (Å²) in [7, 11) is 0. The summed E-state index contributed by atoms with van der Waals surface area (Å²) < 4.78 is 0. The molecular formula is C20H29O4-. The summed E-state index contributed by atoms with van der Waals surface area (Å²) in [5.74, 6) is -1.09. The van der Waals surface area contributed by atoms with Crippen LogP contribution in [0.3, 0.4) is 0 Å². The molecule has 0 radical (unpaired) electrons. The second kappa shape index (κ2) is 17.4. The molecule has 134 valence electrons. The van der Waals surface area contributed by atoms with E-state index < -0.39 is 12.1 Å². The van der Waals surface area contributed by atoms with E-state index in [0.717, 1.165) is 25.7 Å². The normalized spacial score (nSPS) is 14.1. The first-order valence-corrected chi connectivity index (χ1v) is 8.49. The molecule has 0 unspecified atom stereocenters. The predicted molar refractivity (Wildman–Crippen MR) is 96.2 cm³/mol. The average Bonchev–Trinajstić information content (AvgIpc) is 2.57. The van der Waals surface area contributed by atoms with E-state index in [1.54, 1.807) is 12.2 Å². The largest absolute Gasteiger partial charge is 0.550 e. The zero-order chi connectivity index (χ0) is 17.9. The van der Waals surface area contributed by atoms with Crippen LogP contribution in [0.2, 0.25) is 0 Å². The molecule has 0 aromatic rings. The van der Waals surface area contributed by atoms with Crippen molar-refractivity contribution >= 4 is 5.97 Å². The van der Waals surface area contributed by atoms with Gasteiger partial charge in [-0.05, 0) is 44.9 Å². The zero-order valence-electron chi connectivity index (χ0n) is 14.5. The fourth-order valence-electron chi connectivity index (χ4n) is 1.86. The van der Waals surface area contributed by atoms with Gasteiger partial charge < -0.3 is 9.90 Å². The Labute approximate surface area is 145 Å². The van der Waals surface area contributed by atoms with Crippen LogP contribution in [0.1, 0.15) is 51.9 Å². The Bertz CT molecular complexity index is 445. The number of carboxylic acids is 1. The maximum Gasteiger partial charge on any atom is 0.111 e. The van der Waals surface area contributed by atoms with Gasteiger partial charge in [0.05, 0.1) is 0 Å². The first-order chi connectivity index (χ1) is 11.7. The Hall–Kier alpha value is -1.91. The van der Waals surface area contributed by atoms with Crippen molar-refractivity contribution in [1.82, 2.24) is 0 Å². The highest BCUT2D eigenvalue weighted by Crippen LogP contribution is 2.05. The highest BCUT2D eigenvalue weighted by atomic mass is 17.1. The minimum atomic E-state index is -1.09. The Kier molecular flexibility index (Phi) is 16.1. The zero-order valence-corrected chi connectivity index (χ0v) is 14.5. The molecule has 0 aliphatic rings. The molecule has 0 aromatic heterocycles. The maximum absolute atomic E-state index is 10.3. The van der Waals surface area contributed by atoms with Gasteiger partial charge >= 0.3 is 0 Å². The summed E-state index contributed by atoms with van der Waals surface area (Å²) in [5.41, 5.74) is 0. The minimum absolute atomic E-state index is 0.0301. The third-order valence-corrected chi connectivity index (χ3v) is 3.13. The van der Waals surface area contributed by atoms with E-state index >= 15 is 0 Å². The molecule has 0 fully saturated rings. The summed E-state index contributed by atoms with van der Waals surface area (Å²) in [6.45, 7) is 2.12. The number of hydrogen-bond donors (Lipinski definition) is 1. The topological polar surface area (TPSA) is 69.6 Å². The molecule has 0 spiro atoms. The van der Waals surface area contributed by atoms with Gasteiger partial charge in [0.25, 0.3) is 0 Å². The third kappa shape index (κ3) is 16.5. The predicted octanol–water partition coefficient (Wildman–Crippen LogP) is 4.13. The molecular weight excluding hydrogens is 304 g/mol. The molecule has 0 bridgehead atoms. The summed E-state index contributed by atoms with van der Waals surface area (Å²) >= 11 is 0. The van der Waals surface area contributed by atoms with Crippen LogP contribution in [0.15, 0.2) is 60.8 Å². The highest BCUT2D eigenvalue weighted by Gasteiger charge is 2.03. The summed E-state index contributed by atoms with van der Waals surface area (Å²) in [5, 5.41) is 19.0. The monoisotopic (exact) mass is 333 g/mol.